The van der Waals surface area contributed by atoms with Gasteiger partial charge in [0.05, 0.1) is 6.54 Å². The van der Waals surface area contributed by atoms with Crippen molar-refractivity contribution in [1.29, 1.82) is 0 Å². The normalized spacial score (nSPS) is 10.5. The average molecular weight is 254 g/mol. The Morgan fingerprint density at radius 2 is 2.24 bits per heavy atom. The molecule has 0 aliphatic rings. The minimum absolute atomic E-state index is 0.0890. The quantitative estimate of drug-likeness (QED) is 0.522. The average Bonchev–Trinajstić information content (AvgIpc) is 2.77. The largest absolute Gasteiger partial charge is 0.331 e. The second kappa shape index (κ2) is 4.47. The maximum Gasteiger partial charge on any atom is 0.331 e. The smallest absolute Gasteiger partial charge is 0.303 e. The zero-order valence-electron chi connectivity index (χ0n) is 8.95. The first-order chi connectivity index (χ1) is 8.11. The SMILES string of the molecule is Cn1ccc(=O)n(Cc2nnc(NN)s2)c1=O. The van der Waals surface area contributed by atoms with Crippen LogP contribution in [0.25, 0.3) is 0 Å². The van der Waals surface area contributed by atoms with Crippen LogP contribution in [-0.4, -0.2) is 19.3 Å². The molecule has 2 aromatic heterocycles. The lowest BCUT2D eigenvalue weighted by Gasteiger charge is -2.03. The topological polar surface area (TPSA) is 108 Å². The molecule has 0 fully saturated rings. The number of anilines is 1. The maximum atomic E-state index is 11.7. The highest BCUT2D eigenvalue weighted by molar-refractivity contribution is 7.15. The van der Waals surface area contributed by atoms with E-state index in [4.69, 9.17) is 5.84 Å². The molecule has 0 unspecified atom stereocenters. The molecule has 0 bridgehead atoms. The summed E-state index contributed by atoms with van der Waals surface area (Å²) in [4.78, 5) is 23.3. The summed E-state index contributed by atoms with van der Waals surface area (Å²) in [5.74, 6) is 5.16. The molecule has 2 rings (SSSR count). The number of nitrogens with two attached hydrogens (primary N) is 1. The lowest BCUT2D eigenvalue weighted by molar-refractivity contribution is 0.634. The summed E-state index contributed by atoms with van der Waals surface area (Å²) in [6.45, 7) is 0.0890. The van der Waals surface area contributed by atoms with Crippen molar-refractivity contribution >= 4 is 16.5 Å². The van der Waals surface area contributed by atoms with Crippen LogP contribution in [0.2, 0.25) is 0 Å². The second-order valence-corrected chi connectivity index (χ2v) is 4.34. The van der Waals surface area contributed by atoms with Gasteiger partial charge in [-0.3, -0.25) is 14.8 Å². The molecule has 90 valence electrons. The Kier molecular flexibility index (Phi) is 3.02. The number of hydrogen-bond donors (Lipinski definition) is 2. The summed E-state index contributed by atoms with van der Waals surface area (Å²) in [6, 6.07) is 1.32. The van der Waals surface area contributed by atoms with Gasteiger partial charge in [0.15, 0.2) is 0 Å². The number of aromatic nitrogens is 4. The van der Waals surface area contributed by atoms with Crippen molar-refractivity contribution in [3.05, 3.63) is 38.1 Å². The van der Waals surface area contributed by atoms with E-state index in [2.05, 4.69) is 15.6 Å². The zero-order valence-corrected chi connectivity index (χ0v) is 9.77. The molecule has 0 saturated heterocycles. The van der Waals surface area contributed by atoms with E-state index < -0.39 is 5.69 Å². The zero-order chi connectivity index (χ0) is 12.4. The number of nitrogen functional groups attached to an aromatic ring is 1. The van der Waals surface area contributed by atoms with Crippen LogP contribution in [0.5, 0.6) is 0 Å². The lowest BCUT2D eigenvalue weighted by atomic mass is 10.5. The molecule has 8 nitrogen and oxygen atoms in total. The van der Waals surface area contributed by atoms with Crippen molar-refractivity contribution in [2.75, 3.05) is 5.43 Å². The van der Waals surface area contributed by atoms with Crippen molar-refractivity contribution in [2.24, 2.45) is 12.9 Å². The standard InChI is InChI=1S/C8H10N6O2S/c1-13-3-2-6(15)14(8(13)16)4-5-11-12-7(10-9)17-5/h2-3H,4,9H2,1H3,(H,10,12). The molecule has 0 aromatic carbocycles. The Morgan fingerprint density at radius 3 is 2.88 bits per heavy atom. The second-order valence-electron chi connectivity index (χ2n) is 3.28. The molecule has 0 saturated carbocycles. The highest BCUT2D eigenvalue weighted by Crippen LogP contribution is 2.13. The molecule has 0 atom stereocenters. The Labute approximate surface area is 99.3 Å². The van der Waals surface area contributed by atoms with Gasteiger partial charge in [-0.2, -0.15) is 0 Å². The summed E-state index contributed by atoms with van der Waals surface area (Å²) < 4.78 is 2.41. The van der Waals surface area contributed by atoms with Crippen LogP contribution >= 0.6 is 11.3 Å². The highest BCUT2D eigenvalue weighted by Gasteiger charge is 2.08. The van der Waals surface area contributed by atoms with Gasteiger partial charge in [-0.15, -0.1) is 10.2 Å². The van der Waals surface area contributed by atoms with E-state index in [1.807, 2.05) is 0 Å². The van der Waals surface area contributed by atoms with Crippen LogP contribution in [-0.2, 0) is 13.6 Å². The fourth-order valence-electron chi connectivity index (χ4n) is 1.27. The maximum absolute atomic E-state index is 11.7. The fourth-order valence-corrected chi connectivity index (χ4v) is 1.91. The third-order valence-electron chi connectivity index (χ3n) is 2.12. The molecule has 0 spiro atoms. The molecule has 17 heavy (non-hydrogen) atoms. The number of hydrazine groups is 1. The summed E-state index contributed by atoms with van der Waals surface area (Å²) in [5.41, 5.74) is 1.58. The molecule has 0 aliphatic carbocycles. The van der Waals surface area contributed by atoms with Gasteiger partial charge in [0.1, 0.15) is 5.01 Å². The molecule has 0 amide bonds. The Hall–Kier alpha value is -2.00. The van der Waals surface area contributed by atoms with Gasteiger partial charge in [-0.05, 0) is 0 Å². The summed E-state index contributed by atoms with van der Waals surface area (Å²) in [6.07, 6.45) is 1.42. The van der Waals surface area contributed by atoms with Crippen molar-refractivity contribution < 1.29 is 0 Å². The molecular formula is C8H10N6O2S. The van der Waals surface area contributed by atoms with Gasteiger partial charge in [-0.25, -0.2) is 10.6 Å². The van der Waals surface area contributed by atoms with Gasteiger partial charge in [0.25, 0.3) is 5.56 Å². The first-order valence-electron chi connectivity index (χ1n) is 4.67. The number of nitrogens with one attached hydrogen (secondary N) is 1. The predicted octanol–water partition coefficient (Wildman–Crippen LogP) is -1.27. The van der Waals surface area contributed by atoms with Gasteiger partial charge in [0, 0.05) is 19.3 Å². The Bertz CT molecular complexity index is 642. The summed E-state index contributed by atoms with van der Waals surface area (Å²) in [5, 5.41) is 8.50. The van der Waals surface area contributed by atoms with E-state index in [0.29, 0.717) is 10.1 Å². The van der Waals surface area contributed by atoms with Crippen LogP contribution < -0.4 is 22.5 Å². The lowest BCUT2D eigenvalue weighted by Crippen LogP contribution is -2.38. The van der Waals surface area contributed by atoms with Crippen molar-refractivity contribution in [2.45, 2.75) is 6.54 Å². The van der Waals surface area contributed by atoms with Crippen LogP contribution in [0.3, 0.4) is 0 Å². The van der Waals surface area contributed by atoms with Crippen LogP contribution in [0.4, 0.5) is 5.13 Å². The van der Waals surface area contributed by atoms with E-state index in [9.17, 15) is 9.59 Å². The van der Waals surface area contributed by atoms with Crippen LogP contribution in [0, 0.1) is 0 Å². The molecule has 2 heterocycles. The third kappa shape index (κ3) is 2.24. The van der Waals surface area contributed by atoms with Crippen LogP contribution in [0.15, 0.2) is 21.9 Å². The van der Waals surface area contributed by atoms with E-state index in [0.717, 1.165) is 4.57 Å². The van der Waals surface area contributed by atoms with Gasteiger partial charge < -0.3 is 4.57 Å². The van der Waals surface area contributed by atoms with E-state index >= 15 is 0 Å². The van der Waals surface area contributed by atoms with E-state index in [1.54, 1.807) is 7.05 Å². The van der Waals surface area contributed by atoms with E-state index in [1.165, 1.54) is 28.2 Å². The van der Waals surface area contributed by atoms with Crippen molar-refractivity contribution in [3.63, 3.8) is 0 Å². The number of rotatable bonds is 3. The first-order valence-corrected chi connectivity index (χ1v) is 5.49. The number of nitrogens with zero attached hydrogens (tertiary/aromatic N) is 4. The summed E-state index contributed by atoms with van der Waals surface area (Å²) >= 11 is 1.18. The fraction of sp³-hybridized carbons (Fsp3) is 0.250. The minimum Gasteiger partial charge on any atom is -0.303 e. The van der Waals surface area contributed by atoms with Gasteiger partial charge in [0.2, 0.25) is 5.13 Å². The predicted molar refractivity (Wildman–Crippen MR) is 62.8 cm³/mol. The molecule has 9 heteroatoms. The molecule has 2 aromatic rings. The molecule has 3 N–H and O–H groups in total. The Balaban J connectivity index is 2.39. The monoisotopic (exact) mass is 254 g/mol. The molecular weight excluding hydrogens is 244 g/mol. The molecule has 0 radical (unpaired) electrons. The minimum atomic E-state index is -0.394. The number of aryl methyl sites for hydroxylation is 1. The van der Waals surface area contributed by atoms with Gasteiger partial charge in [-0.1, -0.05) is 11.3 Å². The van der Waals surface area contributed by atoms with Crippen molar-refractivity contribution in [1.82, 2.24) is 19.3 Å². The van der Waals surface area contributed by atoms with Gasteiger partial charge >= 0.3 is 5.69 Å². The third-order valence-corrected chi connectivity index (χ3v) is 2.96. The number of hydrogen-bond acceptors (Lipinski definition) is 7. The molecule has 0 aliphatic heterocycles. The summed E-state index contributed by atoms with van der Waals surface area (Å²) in [7, 11) is 1.57. The van der Waals surface area contributed by atoms with Crippen molar-refractivity contribution in [3.8, 4) is 0 Å². The van der Waals surface area contributed by atoms with E-state index in [-0.39, 0.29) is 12.1 Å². The first kappa shape index (κ1) is 11.5. The van der Waals surface area contributed by atoms with Crippen LogP contribution in [0.1, 0.15) is 5.01 Å². The highest BCUT2D eigenvalue weighted by atomic mass is 32.1. The Morgan fingerprint density at radius 1 is 1.47 bits per heavy atom.